The number of carbonyl (C=O) groups excluding carboxylic acids is 1. The Balaban J connectivity index is 1.72. The van der Waals surface area contributed by atoms with Gasteiger partial charge in [0.15, 0.2) is 5.82 Å². The first-order valence-electron chi connectivity index (χ1n) is 13.9. The molecule has 2 aromatic heterocycles. The number of imidazole rings is 1. The van der Waals surface area contributed by atoms with Crippen molar-refractivity contribution in [1.29, 1.82) is 0 Å². The van der Waals surface area contributed by atoms with Crippen molar-refractivity contribution in [2.45, 2.75) is 65.8 Å². The van der Waals surface area contributed by atoms with Crippen molar-refractivity contribution in [1.82, 2.24) is 19.6 Å². The fraction of sp³-hybridized carbons (Fsp3) is 0.414. The van der Waals surface area contributed by atoms with E-state index in [1.807, 2.05) is 42.7 Å². The van der Waals surface area contributed by atoms with E-state index >= 15 is 0 Å². The van der Waals surface area contributed by atoms with Crippen LogP contribution in [-0.2, 0) is 30.0 Å². The molecular formula is C29H37ClN5O6P. The molecule has 0 bridgehead atoms. The number of para-hydroxylation sites is 1. The average molecular weight is 618 g/mol. The number of pyridine rings is 1. The monoisotopic (exact) mass is 617 g/mol. The van der Waals surface area contributed by atoms with E-state index in [0.29, 0.717) is 35.2 Å². The van der Waals surface area contributed by atoms with Crippen LogP contribution in [0, 0.1) is 0 Å². The Morgan fingerprint density at radius 2 is 1.81 bits per heavy atom. The quantitative estimate of drug-likeness (QED) is 0.120. The minimum absolute atomic E-state index is 0.0541. The summed E-state index contributed by atoms with van der Waals surface area (Å²) >= 11 is 6.02. The summed E-state index contributed by atoms with van der Waals surface area (Å²) in [6, 6.07) is 12.7. The van der Waals surface area contributed by atoms with Gasteiger partial charge < -0.3 is 24.3 Å². The van der Waals surface area contributed by atoms with Crippen molar-refractivity contribution in [2.24, 2.45) is 0 Å². The fourth-order valence-electron chi connectivity index (χ4n) is 4.47. The number of nitrogen functional groups attached to an aromatic ring is 1. The lowest BCUT2D eigenvalue weighted by Crippen LogP contribution is -2.36. The summed E-state index contributed by atoms with van der Waals surface area (Å²) in [4.78, 5) is 21.9. The van der Waals surface area contributed by atoms with Crippen molar-refractivity contribution in [2.75, 3.05) is 18.9 Å². The van der Waals surface area contributed by atoms with E-state index in [-0.39, 0.29) is 31.1 Å². The Kier molecular flexibility index (Phi) is 10.5. The molecule has 0 radical (unpaired) electrons. The van der Waals surface area contributed by atoms with Crippen molar-refractivity contribution in [3.05, 3.63) is 59.4 Å². The largest absolute Gasteiger partial charge is 0.462 e. The van der Waals surface area contributed by atoms with Crippen molar-refractivity contribution < 1.29 is 27.9 Å². The normalized spacial score (nSPS) is 14.6. The van der Waals surface area contributed by atoms with E-state index in [9.17, 15) is 9.36 Å². The molecule has 0 fully saturated rings. The number of halogens is 1. The van der Waals surface area contributed by atoms with E-state index in [2.05, 4.69) is 10.1 Å². The van der Waals surface area contributed by atoms with Crippen LogP contribution in [0.3, 0.4) is 0 Å². The molecule has 2 aromatic carbocycles. The minimum Gasteiger partial charge on any atom is -0.462 e. The third-order valence-electron chi connectivity index (χ3n) is 6.43. The van der Waals surface area contributed by atoms with Crippen molar-refractivity contribution in [3.63, 3.8) is 0 Å². The molecule has 226 valence electrons. The van der Waals surface area contributed by atoms with Crippen LogP contribution in [0.2, 0.25) is 5.02 Å². The molecule has 0 amide bonds. The summed E-state index contributed by atoms with van der Waals surface area (Å²) in [6.07, 6.45) is 0.228. The molecule has 0 aliphatic carbocycles. The Labute approximate surface area is 250 Å². The van der Waals surface area contributed by atoms with Crippen LogP contribution in [0.25, 0.3) is 21.9 Å². The number of nitrogens with zero attached hydrogens (tertiary/aromatic N) is 3. The van der Waals surface area contributed by atoms with Gasteiger partial charge in [0.1, 0.15) is 29.7 Å². The van der Waals surface area contributed by atoms with E-state index in [4.69, 9.17) is 40.8 Å². The highest BCUT2D eigenvalue weighted by molar-refractivity contribution is 7.52. The molecular weight excluding hydrogens is 581 g/mol. The third kappa shape index (κ3) is 7.40. The predicted octanol–water partition coefficient (Wildman–Crippen LogP) is 6.44. The van der Waals surface area contributed by atoms with Gasteiger partial charge in [-0.1, -0.05) is 36.7 Å². The number of rotatable bonds is 14. The molecule has 0 aliphatic heterocycles. The number of hydrogen-bond acceptors (Lipinski definition) is 9. The van der Waals surface area contributed by atoms with Crippen LogP contribution >= 0.6 is 19.3 Å². The molecule has 2 heterocycles. The maximum atomic E-state index is 14.2. The highest BCUT2D eigenvalue weighted by atomic mass is 35.5. The van der Waals surface area contributed by atoms with Crippen LogP contribution in [-0.4, -0.2) is 45.9 Å². The zero-order chi connectivity index (χ0) is 30.4. The van der Waals surface area contributed by atoms with Gasteiger partial charge in [-0.15, -0.1) is 0 Å². The highest BCUT2D eigenvalue weighted by Gasteiger charge is 2.34. The zero-order valence-electron chi connectivity index (χ0n) is 24.4. The first kappa shape index (κ1) is 31.7. The second kappa shape index (κ2) is 13.8. The van der Waals surface area contributed by atoms with Gasteiger partial charge in [0.05, 0.1) is 29.8 Å². The molecule has 0 unspecified atom stereocenters. The summed E-state index contributed by atoms with van der Waals surface area (Å²) in [5.74, 6) is 0.589. The van der Waals surface area contributed by atoms with Gasteiger partial charge in [-0.3, -0.25) is 9.32 Å². The second-order valence-electron chi connectivity index (χ2n) is 9.98. The number of hydrogen-bond donors (Lipinski definition) is 2. The van der Waals surface area contributed by atoms with Crippen LogP contribution in [0.1, 0.15) is 52.9 Å². The lowest BCUT2D eigenvalue weighted by molar-refractivity contribution is -0.149. The smallest absolute Gasteiger partial charge is 0.459 e. The van der Waals surface area contributed by atoms with Crippen LogP contribution in [0.15, 0.2) is 48.5 Å². The van der Waals surface area contributed by atoms with Gasteiger partial charge in [0.2, 0.25) is 0 Å². The number of ether oxygens (including phenoxy) is 2. The second-order valence-corrected chi connectivity index (χ2v) is 12.1. The van der Waals surface area contributed by atoms with Gasteiger partial charge >= 0.3 is 13.7 Å². The molecule has 3 atom stereocenters. The maximum absolute atomic E-state index is 14.2. The Morgan fingerprint density at radius 1 is 1.10 bits per heavy atom. The molecule has 0 saturated carbocycles. The topological polar surface area (TPSA) is 140 Å². The van der Waals surface area contributed by atoms with Gasteiger partial charge in [0, 0.05) is 17.0 Å². The standard InChI is InChI=1S/C29H37ClN5O6P/c1-6-21(35-25(17-38-7-2)33-26-27(35)23-10-8-9-11-24(23)32-28(26)31)16-39-42(37,34-19(5)29(36)40-18(3)4)41-22-14-12-20(30)13-15-22/h8-15,18-19,21H,6-7,16-17H2,1-5H3,(H2,31,32)(H,34,37)/t19-,21-,42-/m0/s1. The average Bonchev–Trinajstić information content (AvgIpc) is 3.33. The molecule has 4 rings (SSSR count). The lowest BCUT2D eigenvalue weighted by Gasteiger charge is -2.26. The first-order valence-corrected chi connectivity index (χ1v) is 15.8. The first-order chi connectivity index (χ1) is 20.0. The third-order valence-corrected chi connectivity index (χ3v) is 8.33. The maximum Gasteiger partial charge on any atom is 0.459 e. The fourth-order valence-corrected chi connectivity index (χ4v) is 6.12. The number of aromatic nitrogens is 3. The number of nitrogens with two attached hydrogens (primary N) is 1. The van der Waals surface area contributed by atoms with Crippen LogP contribution < -0.4 is 15.3 Å². The Morgan fingerprint density at radius 3 is 2.48 bits per heavy atom. The summed E-state index contributed by atoms with van der Waals surface area (Å²) < 4.78 is 39.1. The van der Waals surface area contributed by atoms with Gasteiger partial charge in [-0.2, -0.15) is 5.09 Å². The number of nitrogens with one attached hydrogen (secondary N) is 1. The molecule has 42 heavy (non-hydrogen) atoms. The number of anilines is 1. The number of carbonyl (C=O) groups is 1. The van der Waals surface area contributed by atoms with Gasteiger partial charge in [-0.25, -0.2) is 14.5 Å². The lowest BCUT2D eigenvalue weighted by atomic mass is 10.1. The summed E-state index contributed by atoms with van der Waals surface area (Å²) in [6.45, 7) is 9.55. The molecule has 0 spiro atoms. The Bertz CT molecular complexity index is 1580. The van der Waals surface area contributed by atoms with E-state index < -0.39 is 19.8 Å². The van der Waals surface area contributed by atoms with Crippen LogP contribution in [0.4, 0.5) is 5.82 Å². The summed E-state index contributed by atoms with van der Waals surface area (Å²) in [5, 5.41) is 4.08. The van der Waals surface area contributed by atoms with E-state index in [1.54, 1.807) is 38.1 Å². The van der Waals surface area contributed by atoms with Crippen LogP contribution in [0.5, 0.6) is 5.75 Å². The SMILES string of the molecule is CCOCc1nc2c(N)nc3ccccc3c2n1[C@@H](CC)CO[P@@](=O)(N[C@@H](C)C(=O)OC(C)C)Oc1ccc(Cl)cc1. The van der Waals surface area contributed by atoms with Gasteiger partial charge in [0.25, 0.3) is 0 Å². The summed E-state index contributed by atoms with van der Waals surface area (Å²) in [7, 11) is -4.13. The highest BCUT2D eigenvalue weighted by Crippen LogP contribution is 2.46. The minimum atomic E-state index is -4.13. The summed E-state index contributed by atoms with van der Waals surface area (Å²) in [5.41, 5.74) is 8.39. The molecule has 3 N–H and O–H groups in total. The number of esters is 1. The van der Waals surface area contributed by atoms with Crippen molar-refractivity contribution in [3.8, 4) is 5.75 Å². The van der Waals surface area contributed by atoms with E-state index in [1.165, 1.54) is 6.92 Å². The van der Waals surface area contributed by atoms with Gasteiger partial charge in [-0.05, 0) is 64.4 Å². The number of fused-ring (bicyclic) bond motifs is 3. The predicted molar refractivity (Wildman–Crippen MR) is 164 cm³/mol. The molecule has 11 nitrogen and oxygen atoms in total. The van der Waals surface area contributed by atoms with E-state index in [0.717, 1.165) is 16.4 Å². The number of benzene rings is 2. The molecule has 4 aromatic rings. The Hall–Kier alpha value is -3.21. The molecule has 13 heteroatoms. The van der Waals surface area contributed by atoms with Crippen molar-refractivity contribution >= 4 is 53.1 Å². The molecule has 0 aliphatic rings. The molecule has 0 saturated heterocycles. The zero-order valence-corrected chi connectivity index (χ0v) is 26.0.